The Morgan fingerprint density at radius 1 is 1.37 bits per heavy atom. The van der Waals surface area contributed by atoms with E-state index in [4.69, 9.17) is 10.00 Å². The van der Waals surface area contributed by atoms with E-state index in [9.17, 15) is 8.42 Å². The maximum Gasteiger partial charge on any atom is 0.243 e. The van der Waals surface area contributed by atoms with E-state index in [0.29, 0.717) is 18.6 Å². The molecular formula is C13H16N2O3S. The molecule has 1 saturated heterocycles. The second-order valence-electron chi connectivity index (χ2n) is 4.59. The average Bonchev–Trinajstić information content (AvgIpc) is 2.84. The third-order valence-corrected chi connectivity index (χ3v) is 5.36. The molecule has 0 aliphatic carbocycles. The van der Waals surface area contributed by atoms with Crippen LogP contribution in [-0.4, -0.2) is 38.5 Å². The van der Waals surface area contributed by atoms with Gasteiger partial charge in [0, 0.05) is 13.7 Å². The molecule has 2 rings (SSSR count). The molecule has 0 spiro atoms. The van der Waals surface area contributed by atoms with Crippen molar-refractivity contribution in [1.82, 2.24) is 4.31 Å². The smallest absolute Gasteiger partial charge is 0.243 e. The highest BCUT2D eigenvalue weighted by molar-refractivity contribution is 7.89. The number of sulfonamides is 1. The molecule has 1 heterocycles. The molecule has 1 aromatic rings. The lowest BCUT2D eigenvalue weighted by atomic mass is 10.2. The third kappa shape index (κ3) is 2.63. The van der Waals surface area contributed by atoms with Crippen molar-refractivity contribution in [2.24, 2.45) is 0 Å². The van der Waals surface area contributed by atoms with E-state index in [1.54, 1.807) is 7.05 Å². The zero-order valence-electron chi connectivity index (χ0n) is 10.9. The minimum atomic E-state index is -3.54. The maximum atomic E-state index is 12.5. The van der Waals surface area contributed by atoms with Crippen molar-refractivity contribution < 1.29 is 13.2 Å². The minimum absolute atomic E-state index is 0.0989. The Labute approximate surface area is 113 Å². The zero-order chi connectivity index (χ0) is 14.0. The molecule has 102 valence electrons. The summed E-state index contributed by atoms with van der Waals surface area (Å²) in [6.07, 6.45) is 0.603. The van der Waals surface area contributed by atoms with Crippen LogP contribution in [0.5, 0.6) is 0 Å². The SMILES string of the molecule is CC1OCCC1N(C)S(=O)(=O)c1ccc(C#N)cc1. The monoisotopic (exact) mass is 280 g/mol. The quantitative estimate of drug-likeness (QED) is 0.838. The summed E-state index contributed by atoms with van der Waals surface area (Å²) in [5.41, 5.74) is 0.444. The highest BCUT2D eigenvalue weighted by atomic mass is 32.2. The van der Waals surface area contributed by atoms with Crippen molar-refractivity contribution in [2.75, 3.05) is 13.7 Å². The van der Waals surface area contributed by atoms with Gasteiger partial charge in [-0.05, 0) is 37.6 Å². The first-order valence-corrected chi connectivity index (χ1v) is 7.50. The highest BCUT2D eigenvalue weighted by Gasteiger charge is 2.35. The molecule has 1 aliphatic rings. The second-order valence-corrected chi connectivity index (χ2v) is 6.59. The summed E-state index contributed by atoms with van der Waals surface area (Å²) >= 11 is 0. The molecule has 0 bridgehead atoms. The van der Waals surface area contributed by atoms with Gasteiger partial charge in [-0.25, -0.2) is 8.42 Å². The van der Waals surface area contributed by atoms with Crippen LogP contribution in [0.15, 0.2) is 29.2 Å². The molecule has 2 atom stereocenters. The van der Waals surface area contributed by atoms with Gasteiger partial charge in [-0.2, -0.15) is 9.57 Å². The van der Waals surface area contributed by atoms with Crippen LogP contribution in [0.2, 0.25) is 0 Å². The van der Waals surface area contributed by atoms with E-state index in [-0.39, 0.29) is 17.0 Å². The normalized spacial score (nSPS) is 23.5. The van der Waals surface area contributed by atoms with E-state index >= 15 is 0 Å². The summed E-state index contributed by atoms with van der Waals surface area (Å²) in [6.45, 7) is 2.46. The first-order valence-electron chi connectivity index (χ1n) is 6.06. The number of benzene rings is 1. The Hall–Kier alpha value is -1.42. The Morgan fingerprint density at radius 2 is 2.00 bits per heavy atom. The predicted molar refractivity (Wildman–Crippen MR) is 69.9 cm³/mol. The van der Waals surface area contributed by atoms with Crippen molar-refractivity contribution in [3.8, 4) is 6.07 Å². The summed E-state index contributed by atoms with van der Waals surface area (Å²) < 4.78 is 31.7. The number of rotatable bonds is 3. The van der Waals surface area contributed by atoms with Crippen molar-refractivity contribution >= 4 is 10.0 Å². The Bertz CT molecular complexity index is 589. The van der Waals surface area contributed by atoms with E-state index < -0.39 is 10.0 Å². The summed E-state index contributed by atoms with van der Waals surface area (Å²) in [6, 6.07) is 7.78. The largest absolute Gasteiger partial charge is 0.377 e. The van der Waals surface area contributed by atoms with E-state index in [1.165, 1.54) is 28.6 Å². The molecule has 0 saturated carbocycles. The number of nitrogens with zero attached hydrogens (tertiary/aromatic N) is 2. The minimum Gasteiger partial charge on any atom is -0.377 e. The summed E-state index contributed by atoms with van der Waals surface area (Å²) in [7, 11) is -1.96. The number of ether oxygens (including phenoxy) is 1. The lowest BCUT2D eigenvalue weighted by Gasteiger charge is -2.26. The van der Waals surface area contributed by atoms with Crippen LogP contribution in [0.1, 0.15) is 18.9 Å². The molecule has 5 nitrogen and oxygen atoms in total. The molecule has 2 unspecified atom stereocenters. The van der Waals surface area contributed by atoms with Gasteiger partial charge in [0.2, 0.25) is 10.0 Å². The first kappa shape index (κ1) is 14.0. The summed E-state index contributed by atoms with van der Waals surface area (Å²) in [5, 5.41) is 8.72. The van der Waals surface area contributed by atoms with Gasteiger partial charge in [0.05, 0.1) is 28.7 Å². The van der Waals surface area contributed by atoms with Gasteiger partial charge in [-0.3, -0.25) is 0 Å². The Kier molecular flexibility index (Phi) is 3.90. The van der Waals surface area contributed by atoms with Crippen molar-refractivity contribution in [3.63, 3.8) is 0 Å². The van der Waals surface area contributed by atoms with Crippen LogP contribution >= 0.6 is 0 Å². The van der Waals surface area contributed by atoms with Crippen LogP contribution in [0, 0.1) is 11.3 Å². The van der Waals surface area contributed by atoms with Crippen LogP contribution < -0.4 is 0 Å². The lowest BCUT2D eigenvalue weighted by molar-refractivity contribution is 0.102. The van der Waals surface area contributed by atoms with Gasteiger partial charge in [0.15, 0.2) is 0 Å². The zero-order valence-corrected chi connectivity index (χ0v) is 11.7. The predicted octanol–water partition coefficient (Wildman–Crippen LogP) is 1.36. The van der Waals surface area contributed by atoms with Gasteiger partial charge in [0.25, 0.3) is 0 Å². The van der Waals surface area contributed by atoms with Crippen molar-refractivity contribution in [2.45, 2.75) is 30.4 Å². The van der Waals surface area contributed by atoms with Gasteiger partial charge < -0.3 is 4.74 Å². The van der Waals surface area contributed by atoms with Crippen LogP contribution in [0.4, 0.5) is 0 Å². The van der Waals surface area contributed by atoms with Crippen LogP contribution in [0.3, 0.4) is 0 Å². The van der Waals surface area contributed by atoms with Crippen molar-refractivity contribution in [1.29, 1.82) is 5.26 Å². The molecule has 1 aliphatic heterocycles. The summed E-state index contributed by atoms with van der Waals surface area (Å²) in [4.78, 5) is 0.202. The van der Waals surface area contributed by atoms with Crippen molar-refractivity contribution in [3.05, 3.63) is 29.8 Å². The fourth-order valence-corrected chi connectivity index (χ4v) is 3.69. The highest BCUT2D eigenvalue weighted by Crippen LogP contribution is 2.24. The summed E-state index contributed by atoms with van der Waals surface area (Å²) in [5.74, 6) is 0. The van der Waals surface area contributed by atoms with Gasteiger partial charge in [-0.15, -0.1) is 0 Å². The van der Waals surface area contributed by atoms with E-state index in [1.807, 2.05) is 13.0 Å². The topological polar surface area (TPSA) is 70.4 Å². The van der Waals surface area contributed by atoms with Gasteiger partial charge in [-0.1, -0.05) is 0 Å². The molecule has 1 fully saturated rings. The number of hydrogen-bond donors (Lipinski definition) is 0. The standard InChI is InChI=1S/C13H16N2O3S/c1-10-13(7-8-18-10)15(2)19(16,17)12-5-3-11(9-14)4-6-12/h3-6,10,13H,7-8H2,1-2H3. The second kappa shape index (κ2) is 5.29. The molecule has 1 aromatic carbocycles. The average molecular weight is 280 g/mol. The molecule has 19 heavy (non-hydrogen) atoms. The molecule has 0 N–H and O–H groups in total. The molecular weight excluding hydrogens is 264 g/mol. The number of nitriles is 1. The molecule has 0 aromatic heterocycles. The number of likely N-dealkylation sites (N-methyl/N-ethyl adjacent to an activating group) is 1. The number of hydrogen-bond acceptors (Lipinski definition) is 4. The lowest BCUT2D eigenvalue weighted by Crippen LogP contribution is -2.40. The Balaban J connectivity index is 2.28. The fourth-order valence-electron chi connectivity index (χ4n) is 2.24. The van der Waals surface area contributed by atoms with E-state index in [0.717, 1.165) is 0 Å². The van der Waals surface area contributed by atoms with Crippen LogP contribution in [-0.2, 0) is 14.8 Å². The van der Waals surface area contributed by atoms with Gasteiger partial charge in [0.1, 0.15) is 0 Å². The molecule has 0 radical (unpaired) electrons. The molecule has 0 amide bonds. The van der Waals surface area contributed by atoms with Crippen LogP contribution in [0.25, 0.3) is 0 Å². The maximum absolute atomic E-state index is 12.5. The molecule has 6 heteroatoms. The first-order chi connectivity index (χ1) is 8.96. The third-order valence-electron chi connectivity index (χ3n) is 3.46. The van der Waals surface area contributed by atoms with Gasteiger partial charge >= 0.3 is 0 Å². The Morgan fingerprint density at radius 3 is 2.47 bits per heavy atom. The fraction of sp³-hybridized carbons (Fsp3) is 0.462. The van der Waals surface area contributed by atoms with E-state index in [2.05, 4.69) is 0 Å².